The summed E-state index contributed by atoms with van der Waals surface area (Å²) in [5.74, 6) is 0.902. The van der Waals surface area contributed by atoms with Gasteiger partial charge in [-0.2, -0.15) is 12.6 Å². The van der Waals surface area contributed by atoms with Gasteiger partial charge < -0.3 is 4.74 Å². The molecule has 0 fully saturated rings. The van der Waals surface area contributed by atoms with E-state index in [1.165, 1.54) is 0 Å². The fourth-order valence-electron chi connectivity index (χ4n) is 2.08. The van der Waals surface area contributed by atoms with Gasteiger partial charge in [0.2, 0.25) is 0 Å². The molecule has 3 heteroatoms. The Bertz CT molecular complexity index is 419. The maximum absolute atomic E-state index is 6.33. The normalized spacial score (nSPS) is 11.8. The predicted octanol–water partition coefficient (Wildman–Crippen LogP) is 4.44. The molecule has 0 aromatic heterocycles. The molecule has 0 aliphatic rings. The highest BCUT2D eigenvalue weighted by atomic mass is 35.5. The molecular weight excluding hydrogens is 240 g/mol. The van der Waals surface area contributed by atoms with Gasteiger partial charge in [-0.1, -0.05) is 11.6 Å². The number of thiol groups is 1. The van der Waals surface area contributed by atoms with Crippen LogP contribution in [0.1, 0.15) is 36.1 Å². The quantitative estimate of drug-likeness (QED) is 0.772. The van der Waals surface area contributed by atoms with E-state index in [0.29, 0.717) is 0 Å². The molecule has 0 aliphatic carbocycles. The van der Waals surface area contributed by atoms with E-state index in [9.17, 15) is 0 Å². The largest absolute Gasteiger partial charge is 0.496 e. The highest BCUT2D eigenvalue weighted by molar-refractivity contribution is 7.81. The molecule has 0 saturated carbocycles. The third-order valence-corrected chi connectivity index (χ3v) is 3.77. The molecule has 0 atom stereocenters. The second-order valence-electron chi connectivity index (χ2n) is 4.66. The second kappa shape index (κ2) is 4.50. The smallest absolute Gasteiger partial charge is 0.126 e. The zero-order valence-corrected chi connectivity index (χ0v) is 12.4. The van der Waals surface area contributed by atoms with Crippen LogP contribution >= 0.6 is 24.2 Å². The van der Waals surface area contributed by atoms with Crippen LogP contribution in [-0.4, -0.2) is 7.11 Å². The van der Waals surface area contributed by atoms with Crippen molar-refractivity contribution in [3.8, 4) is 5.75 Å². The fraction of sp³-hybridized carbons (Fsp3) is 0.538. The van der Waals surface area contributed by atoms with E-state index in [1.807, 2.05) is 34.6 Å². The van der Waals surface area contributed by atoms with Crippen molar-refractivity contribution >= 4 is 24.2 Å². The lowest BCUT2D eigenvalue weighted by molar-refractivity contribution is 0.401. The summed E-state index contributed by atoms with van der Waals surface area (Å²) >= 11 is 11.0. The number of halogens is 1. The Balaban J connectivity index is 3.72. The number of rotatable bonds is 2. The molecule has 0 spiro atoms. The van der Waals surface area contributed by atoms with E-state index in [-0.39, 0.29) is 4.75 Å². The molecule has 1 nitrogen and oxygen atoms in total. The summed E-state index contributed by atoms with van der Waals surface area (Å²) in [6, 6.07) is 0. The summed E-state index contributed by atoms with van der Waals surface area (Å²) in [5.41, 5.74) is 4.31. The van der Waals surface area contributed by atoms with Gasteiger partial charge in [0.1, 0.15) is 5.75 Å². The van der Waals surface area contributed by atoms with Crippen LogP contribution in [0.25, 0.3) is 0 Å². The van der Waals surface area contributed by atoms with Crippen LogP contribution in [0.15, 0.2) is 0 Å². The number of methoxy groups -OCH3 is 1. The van der Waals surface area contributed by atoms with Crippen LogP contribution in [-0.2, 0) is 4.75 Å². The number of benzene rings is 1. The molecule has 0 heterocycles. The van der Waals surface area contributed by atoms with Crippen molar-refractivity contribution in [3.05, 3.63) is 27.3 Å². The standard InChI is InChI=1S/C13H19ClOS/c1-7-8(2)12(15-6)10(13(4,5)16)9(3)11(7)14/h16H,1-6H3. The first-order valence-corrected chi connectivity index (χ1v) is 6.10. The van der Waals surface area contributed by atoms with Crippen LogP contribution < -0.4 is 4.74 Å². The van der Waals surface area contributed by atoms with Gasteiger partial charge in [-0.15, -0.1) is 0 Å². The summed E-state index contributed by atoms with van der Waals surface area (Å²) in [4.78, 5) is 0. The lowest BCUT2D eigenvalue weighted by atomic mass is 9.91. The Hall–Kier alpha value is -0.340. The number of hydrogen-bond donors (Lipinski definition) is 1. The predicted molar refractivity (Wildman–Crippen MR) is 74.2 cm³/mol. The fourth-order valence-corrected chi connectivity index (χ4v) is 2.58. The monoisotopic (exact) mass is 258 g/mol. The molecule has 0 amide bonds. The van der Waals surface area contributed by atoms with Crippen molar-refractivity contribution in [1.82, 2.24) is 0 Å². The highest BCUT2D eigenvalue weighted by Crippen LogP contribution is 2.43. The minimum Gasteiger partial charge on any atom is -0.496 e. The number of ether oxygens (including phenoxy) is 1. The van der Waals surface area contributed by atoms with E-state index >= 15 is 0 Å². The highest BCUT2D eigenvalue weighted by Gasteiger charge is 2.26. The molecule has 0 aliphatic heterocycles. The number of hydrogen-bond acceptors (Lipinski definition) is 2. The average molecular weight is 259 g/mol. The van der Waals surface area contributed by atoms with E-state index < -0.39 is 0 Å². The molecule has 1 aromatic carbocycles. The van der Waals surface area contributed by atoms with Crippen molar-refractivity contribution in [2.75, 3.05) is 7.11 Å². The van der Waals surface area contributed by atoms with Crippen molar-refractivity contribution in [2.45, 2.75) is 39.4 Å². The van der Waals surface area contributed by atoms with Gasteiger partial charge in [-0.3, -0.25) is 0 Å². The Labute approximate surface area is 109 Å². The van der Waals surface area contributed by atoms with Gasteiger partial charge in [0.15, 0.2) is 0 Å². The lowest BCUT2D eigenvalue weighted by Crippen LogP contribution is -2.14. The first-order valence-electron chi connectivity index (χ1n) is 5.27. The first-order chi connectivity index (χ1) is 7.21. The van der Waals surface area contributed by atoms with Crippen LogP contribution in [0.5, 0.6) is 5.75 Å². The molecule has 0 N–H and O–H groups in total. The summed E-state index contributed by atoms with van der Waals surface area (Å²) in [6.45, 7) is 10.2. The van der Waals surface area contributed by atoms with Crippen LogP contribution in [0.3, 0.4) is 0 Å². The van der Waals surface area contributed by atoms with Gasteiger partial charge in [0.05, 0.1) is 7.11 Å². The summed E-state index contributed by atoms with van der Waals surface area (Å²) < 4.78 is 5.25. The Morgan fingerprint density at radius 2 is 1.56 bits per heavy atom. The van der Waals surface area contributed by atoms with Crippen LogP contribution in [0.4, 0.5) is 0 Å². The lowest BCUT2D eigenvalue weighted by Gasteiger charge is -2.27. The van der Waals surface area contributed by atoms with Crippen molar-refractivity contribution < 1.29 is 4.74 Å². The van der Waals surface area contributed by atoms with E-state index in [0.717, 1.165) is 33.0 Å². The molecule has 0 bridgehead atoms. The average Bonchev–Trinajstić information content (AvgIpc) is 2.18. The Kier molecular flexibility index (Phi) is 3.86. The van der Waals surface area contributed by atoms with Crippen molar-refractivity contribution in [1.29, 1.82) is 0 Å². The third kappa shape index (κ3) is 2.18. The molecule has 0 saturated heterocycles. The Morgan fingerprint density at radius 1 is 1.06 bits per heavy atom. The molecule has 1 rings (SSSR count). The molecule has 90 valence electrons. The summed E-state index contributed by atoms with van der Waals surface area (Å²) in [7, 11) is 1.69. The van der Waals surface area contributed by atoms with Gasteiger partial charge in [0.25, 0.3) is 0 Å². The molecule has 16 heavy (non-hydrogen) atoms. The first kappa shape index (κ1) is 13.7. The summed E-state index contributed by atoms with van der Waals surface area (Å²) in [5, 5.41) is 0.815. The molecule has 1 aromatic rings. The topological polar surface area (TPSA) is 9.23 Å². The second-order valence-corrected chi connectivity index (χ2v) is 6.15. The Morgan fingerprint density at radius 3 is 1.94 bits per heavy atom. The van der Waals surface area contributed by atoms with Crippen LogP contribution in [0.2, 0.25) is 5.02 Å². The van der Waals surface area contributed by atoms with Gasteiger partial charge >= 0.3 is 0 Å². The van der Waals surface area contributed by atoms with E-state index in [4.69, 9.17) is 16.3 Å². The van der Waals surface area contributed by atoms with Crippen molar-refractivity contribution in [3.63, 3.8) is 0 Å². The molecule has 0 unspecified atom stereocenters. The van der Waals surface area contributed by atoms with Crippen molar-refractivity contribution in [2.24, 2.45) is 0 Å². The zero-order valence-electron chi connectivity index (χ0n) is 10.7. The minimum absolute atomic E-state index is 0.266. The molecular formula is C13H19ClOS. The SMILES string of the molecule is COc1c(C)c(C)c(Cl)c(C)c1C(C)(C)S. The third-order valence-electron chi connectivity index (χ3n) is 2.98. The zero-order chi connectivity index (χ0) is 12.7. The van der Waals surface area contributed by atoms with E-state index in [2.05, 4.69) is 12.6 Å². The van der Waals surface area contributed by atoms with Crippen LogP contribution in [0, 0.1) is 20.8 Å². The summed E-state index contributed by atoms with van der Waals surface area (Å²) in [6.07, 6.45) is 0. The van der Waals surface area contributed by atoms with E-state index in [1.54, 1.807) is 7.11 Å². The van der Waals surface area contributed by atoms with Gasteiger partial charge in [-0.05, 0) is 51.3 Å². The van der Waals surface area contributed by atoms with Gasteiger partial charge in [-0.25, -0.2) is 0 Å². The van der Waals surface area contributed by atoms with Gasteiger partial charge in [0, 0.05) is 15.3 Å². The minimum atomic E-state index is -0.266. The maximum atomic E-state index is 6.33. The maximum Gasteiger partial charge on any atom is 0.126 e. The molecule has 0 radical (unpaired) electrons.